The second-order valence-corrected chi connectivity index (χ2v) is 5.09. The summed E-state index contributed by atoms with van der Waals surface area (Å²) in [4.78, 5) is 26.7. The number of phenols is 1. The number of rotatable bonds is 3. The molecule has 1 aromatic carbocycles. The van der Waals surface area contributed by atoms with Crippen molar-refractivity contribution in [2.45, 2.75) is 0 Å². The van der Waals surface area contributed by atoms with E-state index < -0.39 is 22.0 Å². The van der Waals surface area contributed by atoms with Crippen molar-refractivity contribution in [2.24, 2.45) is 0 Å². The molecule has 1 heterocycles. The van der Waals surface area contributed by atoms with Gasteiger partial charge in [-0.2, -0.15) is 4.98 Å². The minimum atomic E-state index is -1.03. The van der Waals surface area contributed by atoms with Gasteiger partial charge in [0.05, 0.1) is 8.49 Å². The van der Waals surface area contributed by atoms with Crippen LogP contribution in [-0.2, 0) is 0 Å². The molecule has 0 aliphatic rings. The van der Waals surface area contributed by atoms with Crippen LogP contribution in [0.4, 0.5) is 5.69 Å². The topological polar surface area (TPSA) is 129 Å². The maximum atomic E-state index is 11.4. The van der Waals surface area contributed by atoms with Gasteiger partial charge >= 0.3 is 11.2 Å². The SMILES string of the molecule is O=c1[nH]c(/C=C/c2ccc(O)c(I)c2)nc(O)c1[N+](=O)[O-]. The van der Waals surface area contributed by atoms with Gasteiger partial charge in [-0.15, -0.1) is 0 Å². The Bertz CT molecular complexity index is 800. The lowest BCUT2D eigenvalue weighted by atomic mass is 10.2. The zero-order valence-electron chi connectivity index (χ0n) is 10.3. The van der Waals surface area contributed by atoms with Gasteiger partial charge in [0, 0.05) is 0 Å². The number of halogens is 1. The molecule has 0 aliphatic carbocycles. The van der Waals surface area contributed by atoms with E-state index in [2.05, 4.69) is 9.97 Å². The summed E-state index contributed by atoms with van der Waals surface area (Å²) in [7, 11) is 0. The molecule has 3 N–H and O–H groups in total. The van der Waals surface area contributed by atoms with Gasteiger partial charge in [0.1, 0.15) is 11.6 Å². The van der Waals surface area contributed by atoms with Crippen LogP contribution >= 0.6 is 22.6 Å². The van der Waals surface area contributed by atoms with Crippen LogP contribution in [0.25, 0.3) is 12.2 Å². The number of nitrogens with one attached hydrogen (secondary N) is 1. The van der Waals surface area contributed by atoms with E-state index in [-0.39, 0.29) is 11.6 Å². The van der Waals surface area contributed by atoms with Crippen LogP contribution in [0.1, 0.15) is 11.4 Å². The zero-order valence-corrected chi connectivity index (χ0v) is 12.4. The van der Waals surface area contributed by atoms with Crippen molar-refractivity contribution in [3.63, 3.8) is 0 Å². The van der Waals surface area contributed by atoms with E-state index in [0.29, 0.717) is 3.57 Å². The summed E-state index contributed by atoms with van der Waals surface area (Å²) in [6.07, 6.45) is 2.96. The first kappa shape index (κ1) is 15.0. The van der Waals surface area contributed by atoms with Crippen LogP contribution in [0.5, 0.6) is 11.6 Å². The number of hydrogen-bond acceptors (Lipinski definition) is 6. The lowest BCUT2D eigenvalue weighted by Crippen LogP contribution is -2.14. The normalized spacial score (nSPS) is 10.9. The highest BCUT2D eigenvalue weighted by Crippen LogP contribution is 2.21. The van der Waals surface area contributed by atoms with Crippen molar-refractivity contribution in [2.75, 3.05) is 0 Å². The lowest BCUT2D eigenvalue weighted by molar-refractivity contribution is -0.387. The van der Waals surface area contributed by atoms with Crippen molar-refractivity contribution < 1.29 is 15.1 Å². The predicted molar refractivity (Wildman–Crippen MR) is 82.9 cm³/mol. The summed E-state index contributed by atoms with van der Waals surface area (Å²) in [6, 6.07) is 4.83. The van der Waals surface area contributed by atoms with Gasteiger partial charge in [-0.1, -0.05) is 12.1 Å². The Balaban J connectivity index is 2.35. The van der Waals surface area contributed by atoms with Crippen molar-refractivity contribution in [1.82, 2.24) is 9.97 Å². The van der Waals surface area contributed by atoms with Crippen LogP contribution in [0, 0.1) is 13.7 Å². The number of hydrogen-bond donors (Lipinski definition) is 3. The molecule has 0 unspecified atom stereocenters. The Morgan fingerprint density at radius 1 is 1.33 bits per heavy atom. The number of aromatic amines is 1. The molecule has 0 saturated carbocycles. The van der Waals surface area contributed by atoms with Gasteiger partial charge in [0.25, 0.3) is 5.88 Å². The molecule has 0 spiro atoms. The highest BCUT2D eigenvalue weighted by atomic mass is 127. The maximum absolute atomic E-state index is 11.4. The highest BCUT2D eigenvalue weighted by molar-refractivity contribution is 14.1. The fourth-order valence-corrected chi connectivity index (χ4v) is 2.06. The third-order valence-corrected chi connectivity index (χ3v) is 3.35. The minimum Gasteiger partial charge on any atom is -0.507 e. The molecule has 2 aromatic rings. The van der Waals surface area contributed by atoms with E-state index in [0.717, 1.165) is 5.56 Å². The maximum Gasteiger partial charge on any atom is 0.395 e. The highest BCUT2D eigenvalue weighted by Gasteiger charge is 2.21. The Kier molecular flexibility index (Phi) is 4.21. The summed E-state index contributed by atoms with van der Waals surface area (Å²) in [5.74, 6) is -0.817. The number of benzene rings is 1. The van der Waals surface area contributed by atoms with Gasteiger partial charge in [-0.05, 0) is 46.4 Å². The first-order chi connectivity index (χ1) is 9.88. The standard InChI is InChI=1S/C12H8IN3O5/c13-7-5-6(1-3-8(7)17)2-4-9-14-11(18)10(16(20)21)12(19)15-9/h1-5,17H,(H2,14,15,18,19)/b4-2+. The summed E-state index contributed by atoms with van der Waals surface area (Å²) < 4.78 is 0.641. The summed E-state index contributed by atoms with van der Waals surface area (Å²) >= 11 is 1.95. The van der Waals surface area contributed by atoms with Gasteiger partial charge in [0.15, 0.2) is 0 Å². The molecule has 1 aromatic heterocycles. The molecular formula is C12H8IN3O5. The smallest absolute Gasteiger partial charge is 0.395 e. The van der Waals surface area contributed by atoms with Gasteiger partial charge in [-0.25, -0.2) is 0 Å². The predicted octanol–water partition coefficient (Wildman–Crippen LogP) is 1.86. The Morgan fingerprint density at radius 3 is 2.62 bits per heavy atom. The molecule has 8 nitrogen and oxygen atoms in total. The van der Waals surface area contributed by atoms with Crippen molar-refractivity contribution in [1.29, 1.82) is 0 Å². The molecule has 2 rings (SSSR count). The Morgan fingerprint density at radius 2 is 2.05 bits per heavy atom. The van der Waals surface area contributed by atoms with Crippen LogP contribution in [0.3, 0.4) is 0 Å². The molecule has 0 aliphatic heterocycles. The average molecular weight is 401 g/mol. The lowest BCUT2D eigenvalue weighted by Gasteiger charge is -1.99. The Hall–Kier alpha value is -2.43. The summed E-state index contributed by atoms with van der Waals surface area (Å²) in [5.41, 5.74) is -1.31. The van der Waals surface area contributed by atoms with E-state index >= 15 is 0 Å². The largest absolute Gasteiger partial charge is 0.507 e. The zero-order chi connectivity index (χ0) is 15.6. The molecule has 0 bridgehead atoms. The van der Waals surface area contributed by atoms with E-state index in [4.69, 9.17) is 0 Å². The van der Waals surface area contributed by atoms with Crippen molar-refractivity contribution in [3.05, 3.63) is 53.6 Å². The van der Waals surface area contributed by atoms with Crippen LogP contribution in [0.15, 0.2) is 23.0 Å². The molecule has 0 fully saturated rings. The van der Waals surface area contributed by atoms with E-state index in [1.54, 1.807) is 18.2 Å². The first-order valence-electron chi connectivity index (χ1n) is 5.53. The summed E-state index contributed by atoms with van der Waals surface area (Å²) in [5, 5.41) is 29.3. The van der Waals surface area contributed by atoms with Crippen molar-refractivity contribution >= 4 is 40.4 Å². The number of aromatic nitrogens is 2. The van der Waals surface area contributed by atoms with E-state index in [1.165, 1.54) is 12.1 Å². The molecule has 0 amide bonds. The fourth-order valence-electron chi connectivity index (χ4n) is 1.52. The Labute approximate surface area is 131 Å². The molecule has 0 radical (unpaired) electrons. The van der Waals surface area contributed by atoms with E-state index in [9.17, 15) is 25.1 Å². The number of H-pyrrole nitrogens is 1. The molecular weight excluding hydrogens is 393 g/mol. The number of nitrogens with zero attached hydrogens (tertiary/aromatic N) is 2. The second kappa shape index (κ2) is 5.91. The van der Waals surface area contributed by atoms with Gasteiger partial charge < -0.3 is 15.2 Å². The molecule has 0 saturated heterocycles. The first-order valence-corrected chi connectivity index (χ1v) is 6.60. The monoisotopic (exact) mass is 401 g/mol. The van der Waals surface area contributed by atoms with Gasteiger partial charge in [-0.3, -0.25) is 14.9 Å². The third-order valence-electron chi connectivity index (χ3n) is 2.48. The minimum absolute atomic E-state index is 0.0221. The molecule has 108 valence electrons. The fraction of sp³-hybridized carbons (Fsp3) is 0. The van der Waals surface area contributed by atoms with Crippen LogP contribution in [0.2, 0.25) is 0 Å². The number of nitro groups is 1. The molecule has 21 heavy (non-hydrogen) atoms. The quantitative estimate of drug-likeness (QED) is 0.409. The molecule has 0 atom stereocenters. The van der Waals surface area contributed by atoms with E-state index in [1.807, 2.05) is 22.6 Å². The third kappa shape index (κ3) is 3.37. The van der Waals surface area contributed by atoms with Gasteiger partial charge in [0.2, 0.25) is 0 Å². The van der Waals surface area contributed by atoms with Crippen LogP contribution in [-0.4, -0.2) is 25.1 Å². The molecule has 9 heteroatoms. The second-order valence-electron chi connectivity index (χ2n) is 3.92. The van der Waals surface area contributed by atoms with Crippen molar-refractivity contribution in [3.8, 4) is 11.6 Å². The van der Waals surface area contributed by atoms with Crippen LogP contribution < -0.4 is 5.56 Å². The average Bonchev–Trinajstić information content (AvgIpc) is 2.39. The summed E-state index contributed by atoms with van der Waals surface area (Å²) in [6.45, 7) is 0. The number of aromatic hydroxyl groups is 2. The number of phenolic OH excluding ortho intramolecular Hbond substituents is 1.